The fourth-order valence-corrected chi connectivity index (χ4v) is 4.43. The van der Waals surface area contributed by atoms with Gasteiger partial charge in [-0.05, 0) is 43.2 Å². The Kier molecular flexibility index (Phi) is 5.47. The van der Waals surface area contributed by atoms with Crippen molar-refractivity contribution in [2.75, 3.05) is 5.32 Å². The highest BCUT2D eigenvalue weighted by molar-refractivity contribution is 6.07. The largest absolute Gasteiger partial charge is 0.416 e. The molecule has 1 aliphatic carbocycles. The van der Waals surface area contributed by atoms with Gasteiger partial charge in [0, 0.05) is 28.3 Å². The zero-order valence-electron chi connectivity index (χ0n) is 16.3. The second kappa shape index (κ2) is 7.96. The SMILES string of the molecule is O=C(Nc1cccc2c1C([C@H]1CCCC[C@@H]1O)NC2=O)c1cc(F)cc(C(F)(F)F)c1. The summed E-state index contributed by atoms with van der Waals surface area (Å²) in [6.45, 7) is 0. The van der Waals surface area contributed by atoms with E-state index in [0.717, 1.165) is 18.9 Å². The maximum Gasteiger partial charge on any atom is 0.416 e. The van der Waals surface area contributed by atoms with Gasteiger partial charge in [0.05, 0.1) is 17.7 Å². The Morgan fingerprint density at radius 2 is 1.87 bits per heavy atom. The molecule has 0 radical (unpaired) electrons. The van der Waals surface area contributed by atoms with Gasteiger partial charge < -0.3 is 15.7 Å². The standard InChI is InChI=1S/C22H20F4N2O3/c23-13-9-11(8-12(10-13)22(24,25)26)20(30)27-16-6-3-5-15-18(16)19(28-21(15)31)14-4-1-2-7-17(14)29/h3,5-6,8-10,14,17,19,29H,1-2,4,7H2,(H,27,30)(H,28,31)/t14-,17-,19?/m0/s1. The number of aliphatic hydroxyl groups excluding tert-OH is 1. The van der Waals surface area contributed by atoms with Crippen molar-refractivity contribution in [2.24, 2.45) is 5.92 Å². The number of benzene rings is 2. The van der Waals surface area contributed by atoms with Crippen LogP contribution in [0.15, 0.2) is 36.4 Å². The molecule has 0 bridgehead atoms. The number of carbonyl (C=O) groups excluding carboxylic acids is 2. The number of aliphatic hydroxyl groups is 1. The third-order valence-corrected chi connectivity index (χ3v) is 5.89. The lowest BCUT2D eigenvalue weighted by Crippen LogP contribution is -2.35. The molecule has 1 aliphatic heterocycles. The molecule has 2 aliphatic rings. The molecule has 0 saturated heterocycles. The maximum absolute atomic E-state index is 13.7. The molecule has 2 amide bonds. The predicted octanol–water partition coefficient (Wildman–Crippen LogP) is 4.43. The second-order valence-electron chi connectivity index (χ2n) is 7.91. The Hall–Kier alpha value is -2.94. The Labute approximate surface area is 175 Å². The van der Waals surface area contributed by atoms with Gasteiger partial charge in [-0.1, -0.05) is 18.9 Å². The van der Waals surface area contributed by atoms with Gasteiger partial charge in [-0.25, -0.2) is 4.39 Å². The van der Waals surface area contributed by atoms with E-state index in [-0.39, 0.29) is 17.5 Å². The summed E-state index contributed by atoms with van der Waals surface area (Å²) in [5.41, 5.74) is -0.705. The van der Waals surface area contributed by atoms with Gasteiger partial charge in [0.2, 0.25) is 0 Å². The van der Waals surface area contributed by atoms with Crippen LogP contribution in [0.5, 0.6) is 0 Å². The van der Waals surface area contributed by atoms with Crippen LogP contribution in [0.4, 0.5) is 23.2 Å². The summed E-state index contributed by atoms with van der Waals surface area (Å²) in [5.74, 6) is -2.71. The van der Waals surface area contributed by atoms with Crippen molar-refractivity contribution in [1.82, 2.24) is 5.32 Å². The zero-order valence-corrected chi connectivity index (χ0v) is 16.3. The molecule has 2 aromatic carbocycles. The van der Waals surface area contributed by atoms with Crippen LogP contribution in [-0.4, -0.2) is 23.0 Å². The van der Waals surface area contributed by atoms with Crippen LogP contribution in [0.3, 0.4) is 0 Å². The van der Waals surface area contributed by atoms with Gasteiger partial charge in [0.25, 0.3) is 11.8 Å². The maximum atomic E-state index is 13.7. The molecule has 0 spiro atoms. The summed E-state index contributed by atoms with van der Waals surface area (Å²) in [5, 5.41) is 15.8. The fourth-order valence-electron chi connectivity index (χ4n) is 4.43. The highest BCUT2D eigenvalue weighted by Crippen LogP contribution is 2.42. The lowest BCUT2D eigenvalue weighted by molar-refractivity contribution is -0.137. The van der Waals surface area contributed by atoms with Crippen LogP contribution in [0, 0.1) is 11.7 Å². The lowest BCUT2D eigenvalue weighted by Gasteiger charge is -2.33. The molecule has 3 N–H and O–H groups in total. The van der Waals surface area contributed by atoms with Crippen molar-refractivity contribution in [3.05, 3.63) is 64.5 Å². The fraction of sp³-hybridized carbons (Fsp3) is 0.364. The van der Waals surface area contributed by atoms with Gasteiger partial charge in [-0.15, -0.1) is 0 Å². The average Bonchev–Trinajstić information content (AvgIpc) is 3.05. The van der Waals surface area contributed by atoms with Crippen molar-refractivity contribution in [3.63, 3.8) is 0 Å². The summed E-state index contributed by atoms with van der Waals surface area (Å²) in [6.07, 6.45) is -2.36. The minimum atomic E-state index is -4.80. The van der Waals surface area contributed by atoms with Gasteiger partial charge in [-0.2, -0.15) is 13.2 Å². The molecular formula is C22H20F4N2O3. The van der Waals surface area contributed by atoms with E-state index in [1.165, 1.54) is 6.07 Å². The van der Waals surface area contributed by atoms with Crippen LogP contribution in [-0.2, 0) is 6.18 Å². The molecule has 0 aromatic heterocycles. The van der Waals surface area contributed by atoms with E-state index < -0.39 is 41.2 Å². The second-order valence-corrected chi connectivity index (χ2v) is 7.91. The van der Waals surface area contributed by atoms with Crippen LogP contribution >= 0.6 is 0 Å². The molecule has 9 heteroatoms. The van der Waals surface area contributed by atoms with Crippen LogP contribution in [0.2, 0.25) is 0 Å². The zero-order chi connectivity index (χ0) is 22.3. The molecule has 1 saturated carbocycles. The monoisotopic (exact) mass is 436 g/mol. The number of fused-ring (bicyclic) bond motifs is 1. The topological polar surface area (TPSA) is 78.4 Å². The number of rotatable bonds is 3. The first-order valence-electron chi connectivity index (χ1n) is 9.96. The summed E-state index contributed by atoms with van der Waals surface area (Å²) in [6, 6.07) is 5.74. The molecule has 1 heterocycles. The summed E-state index contributed by atoms with van der Waals surface area (Å²) >= 11 is 0. The van der Waals surface area contributed by atoms with Crippen molar-refractivity contribution < 1.29 is 32.3 Å². The van der Waals surface area contributed by atoms with E-state index >= 15 is 0 Å². The molecule has 5 nitrogen and oxygen atoms in total. The van der Waals surface area contributed by atoms with Crippen molar-refractivity contribution in [3.8, 4) is 0 Å². The molecular weight excluding hydrogens is 416 g/mol. The van der Waals surface area contributed by atoms with E-state index in [2.05, 4.69) is 10.6 Å². The smallest absolute Gasteiger partial charge is 0.393 e. The summed E-state index contributed by atoms with van der Waals surface area (Å²) in [4.78, 5) is 25.1. The van der Waals surface area contributed by atoms with Crippen molar-refractivity contribution in [2.45, 2.75) is 44.0 Å². The number of hydrogen-bond acceptors (Lipinski definition) is 3. The van der Waals surface area contributed by atoms with Crippen molar-refractivity contribution in [1.29, 1.82) is 0 Å². The molecule has 2 aromatic rings. The Balaban J connectivity index is 1.67. The van der Waals surface area contributed by atoms with E-state index in [9.17, 15) is 32.3 Å². The van der Waals surface area contributed by atoms with E-state index in [1.54, 1.807) is 12.1 Å². The third-order valence-electron chi connectivity index (χ3n) is 5.89. The molecule has 1 unspecified atom stereocenters. The van der Waals surface area contributed by atoms with Crippen LogP contribution in [0.1, 0.15) is 63.6 Å². The van der Waals surface area contributed by atoms with E-state index in [1.807, 2.05) is 0 Å². The first kappa shape index (κ1) is 21.3. The first-order valence-corrected chi connectivity index (χ1v) is 9.96. The minimum absolute atomic E-state index is 0.237. The van der Waals surface area contributed by atoms with E-state index in [4.69, 9.17) is 0 Å². The van der Waals surface area contributed by atoms with E-state index in [0.29, 0.717) is 36.1 Å². The molecule has 164 valence electrons. The number of amides is 2. The minimum Gasteiger partial charge on any atom is -0.393 e. The van der Waals surface area contributed by atoms with Gasteiger partial charge >= 0.3 is 6.18 Å². The number of nitrogens with one attached hydrogen (secondary N) is 2. The number of alkyl halides is 3. The predicted molar refractivity (Wildman–Crippen MR) is 104 cm³/mol. The van der Waals surface area contributed by atoms with Gasteiger partial charge in [0.15, 0.2) is 0 Å². The number of halogens is 4. The highest BCUT2D eigenvalue weighted by atomic mass is 19.4. The number of anilines is 1. The van der Waals surface area contributed by atoms with Crippen LogP contribution < -0.4 is 10.6 Å². The lowest BCUT2D eigenvalue weighted by atomic mass is 9.79. The Morgan fingerprint density at radius 3 is 2.58 bits per heavy atom. The quantitative estimate of drug-likeness (QED) is 0.623. The number of carbonyl (C=O) groups is 2. The van der Waals surface area contributed by atoms with Crippen LogP contribution in [0.25, 0.3) is 0 Å². The number of hydrogen-bond donors (Lipinski definition) is 3. The molecule has 3 atom stereocenters. The normalized spacial score (nSPS) is 23.3. The summed E-state index contributed by atoms with van der Waals surface area (Å²) in [7, 11) is 0. The van der Waals surface area contributed by atoms with Gasteiger partial charge in [0.1, 0.15) is 5.82 Å². The molecule has 31 heavy (non-hydrogen) atoms. The molecule has 1 fully saturated rings. The Bertz CT molecular complexity index is 1040. The van der Waals surface area contributed by atoms with Gasteiger partial charge in [-0.3, -0.25) is 9.59 Å². The third kappa shape index (κ3) is 4.14. The Morgan fingerprint density at radius 1 is 1.13 bits per heavy atom. The highest BCUT2D eigenvalue weighted by Gasteiger charge is 2.40. The summed E-state index contributed by atoms with van der Waals surface area (Å²) < 4.78 is 52.7. The molecule has 4 rings (SSSR count). The van der Waals surface area contributed by atoms with Crippen molar-refractivity contribution >= 4 is 17.5 Å². The average molecular weight is 436 g/mol. The first-order chi connectivity index (χ1) is 14.6.